The predicted molar refractivity (Wildman–Crippen MR) is 49.5 cm³/mol. The standard InChI is InChI=1S/C10H20O/c1-9(2)6-4-5-7-10(3)8-11/h5,7,9-11H,4,6,8H2,1-3H3. The van der Waals surface area contributed by atoms with Crippen molar-refractivity contribution in [3.05, 3.63) is 12.2 Å². The molecule has 0 aliphatic rings. The topological polar surface area (TPSA) is 20.2 Å². The van der Waals surface area contributed by atoms with Crippen molar-refractivity contribution in [3.8, 4) is 0 Å². The molecule has 0 rings (SSSR count). The van der Waals surface area contributed by atoms with Gasteiger partial charge in [0.15, 0.2) is 0 Å². The lowest BCUT2D eigenvalue weighted by Crippen LogP contribution is -1.94. The highest BCUT2D eigenvalue weighted by Crippen LogP contribution is 2.05. The molecule has 0 saturated heterocycles. The molecule has 0 fully saturated rings. The van der Waals surface area contributed by atoms with E-state index in [1.165, 1.54) is 6.42 Å². The van der Waals surface area contributed by atoms with Crippen LogP contribution in [0.3, 0.4) is 0 Å². The molecular formula is C10H20O. The third-order valence-corrected chi connectivity index (χ3v) is 1.66. The second-order valence-electron chi connectivity index (χ2n) is 3.56. The van der Waals surface area contributed by atoms with Gasteiger partial charge in [0, 0.05) is 6.61 Å². The molecule has 1 N–H and O–H groups in total. The summed E-state index contributed by atoms with van der Waals surface area (Å²) in [6, 6.07) is 0. The quantitative estimate of drug-likeness (QED) is 0.607. The van der Waals surface area contributed by atoms with Gasteiger partial charge in [-0.15, -0.1) is 0 Å². The van der Waals surface area contributed by atoms with Crippen molar-refractivity contribution < 1.29 is 5.11 Å². The average molecular weight is 156 g/mol. The van der Waals surface area contributed by atoms with Crippen LogP contribution < -0.4 is 0 Å². The summed E-state index contributed by atoms with van der Waals surface area (Å²) in [7, 11) is 0. The molecule has 1 heteroatoms. The molecule has 0 aliphatic heterocycles. The van der Waals surface area contributed by atoms with E-state index in [2.05, 4.69) is 26.0 Å². The van der Waals surface area contributed by atoms with Crippen LogP contribution in [0.25, 0.3) is 0 Å². The van der Waals surface area contributed by atoms with E-state index in [0.29, 0.717) is 5.92 Å². The van der Waals surface area contributed by atoms with E-state index in [9.17, 15) is 0 Å². The molecule has 1 nitrogen and oxygen atoms in total. The van der Waals surface area contributed by atoms with Crippen molar-refractivity contribution >= 4 is 0 Å². The second kappa shape index (κ2) is 6.41. The maximum atomic E-state index is 8.69. The van der Waals surface area contributed by atoms with Crippen LogP contribution in [-0.4, -0.2) is 11.7 Å². The highest BCUT2D eigenvalue weighted by Gasteiger charge is 1.92. The van der Waals surface area contributed by atoms with Crippen molar-refractivity contribution in [3.63, 3.8) is 0 Å². The smallest absolute Gasteiger partial charge is 0.0491 e. The van der Waals surface area contributed by atoms with Gasteiger partial charge in [-0.25, -0.2) is 0 Å². The first-order valence-electron chi connectivity index (χ1n) is 4.44. The van der Waals surface area contributed by atoms with Crippen LogP contribution in [0.4, 0.5) is 0 Å². The van der Waals surface area contributed by atoms with Gasteiger partial charge in [-0.1, -0.05) is 32.9 Å². The lowest BCUT2D eigenvalue weighted by atomic mass is 10.1. The summed E-state index contributed by atoms with van der Waals surface area (Å²) in [5, 5.41) is 8.69. The van der Waals surface area contributed by atoms with E-state index in [0.717, 1.165) is 12.3 Å². The molecular weight excluding hydrogens is 136 g/mol. The van der Waals surface area contributed by atoms with Gasteiger partial charge in [-0.05, 0) is 24.7 Å². The highest BCUT2D eigenvalue weighted by atomic mass is 16.3. The van der Waals surface area contributed by atoms with Crippen LogP contribution in [0.5, 0.6) is 0 Å². The zero-order valence-electron chi connectivity index (χ0n) is 7.88. The lowest BCUT2D eigenvalue weighted by Gasteiger charge is -2.01. The zero-order valence-corrected chi connectivity index (χ0v) is 7.88. The van der Waals surface area contributed by atoms with Gasteiger partial charge in [-0.2, -0.15) is 0 Å². The molecule has 11 heavy (non-hydrogen) atoms. The molecule has 1 unspecified atom stereocenters. The van der Waals surface area contributed by atoms with Crippen molar-refractivity contribution in [2.24, 2.45) is 11.8 Å². The Bertz CT molecular complexity index is 105. The summed E-state index contributed by atoms with van der Waals surface area (Å²) in [6.07, 6.45) is 6.64. The summed E-state index contributed by atoms with van der Waals surface area (Å²) >= 11 is 0. The van der Waals surface area contributed by atoms with Crippen LogP contribution >= 0.6 is 0 Å². The van der Waals surface area contributed by atoms with Gasteiger partial charge in [0.2, 0.25) is 0 Å². The van der Waals surface area contributed by atoms with Crippen molar-refractivity contribution in [2.75, 3.05) is 6.61 Å². The van der Waals surface area contributed by atoms with Crippen molar-refractivity contribution in [1.29, 1.82) is 0 Å². The van der Waals surface area contributed by atoms with Crippen molar-refractivity contribution in [1.82, 2.24) is 0 Å². The van der Waals surface area contributed by atoms with Crippen LogP contribution in [0.1, 0.15) is 33.6 Å². The fourth-order valence-electron chi connectivity index (χ4n) is 0.819. The Morgan fingerprint density at radius 3 is 2.36 bits per heavy atom. The number of rotatable bonds is 5. The van der Waals surface area contributed by atoms with Crippen LogP contribution in [-0.2, 0) is 0 Å². The fourth-order valence-corrected chi connectivity index (χ4v) is 0.819. The van der Waals surface area contributed by atoms with Gasteiger partial charge in [0.05, 0.1) is 0 Å². The molecule has 0 aromatic rings. The number of hydrogen-bond acceptors (Lipinski definition) is 1. The van der Waals surface area contributed by atoms with Crippen LogP contribution in [0.2, 0.25) is 0 Å². The van der Waals surface area contributed by atoms with E-state index >= 15 is 0 Å². The van der Waals surface area contributed by atoms with Gasteiger partial charge < -0.3 is 5.11 Å². The molecule has 0 saturated carbocycles. The molecule has 0 amide bonds. The molecule has 0 radical (unpaired) electrons. The number of hydrogen-bond donors (Lipinski definition) is 1. The summed E-state index contributed by atoms with van der Waals surface area (Å²) < 4.78 is 0. The highest BCUT2D eigenvalue weighted by molar-refractivity contribution is 4.85. The lowest BCUT2D eigenvalue weighted by molar-refractivity contribution is 0.262. The normalized spacial score (nSPS) is 14.6. The maximum absolute atomic E-state index is 8.69. The molecule has 0 spiro atoms. The molecule has 0 heterocycles. The number of allylic oxidation sites excluding steroid dienone is 1. The van der Waals surface area contributed by atoms with E-state index in [1.54, 1.807) is 0 Å². The fraction of sp³-hybridized carbons (Fsp3) is 0.800. The molecule has 66 valence electrons. The number of aliphatic hydroxyl groups excluding tert-OH is 1. The molecule has 0 aromatic carbocycles. The molecule has 0 aromatic heterocycles. The van der Waals surface area contributed by atoms with Gasteiger partial charge in [0.1, 0.15) is 0 Å². The minimum absolute atomic E-state index is 0.262. The Kier molecular flexibility index (Phi) is 6.24. The van der Waals surface area contributed by atoms with Gasteiger partial charge >= 0.3 is 0 Å². The van der Waals surface area contributed by atoms with E-state index in [4.69, 9.17) is 5.11 Å². The first-order valence-corrected chi connectivity index (χ1v) is 4.44. The second-order valence-corrected chi connectivity index (χ2v) is 3.56. The SMILES string of the molecule is CC(C)CCC=CC(C)CO. The zero-order chi connectivity index (χ0) is 8.69. The Hall–Kier alpha value is -0.300. The Labute approximate surface area is 70.1 Å². The summed E-state index contributed by atoms with van der Waals surface area (Å²) in [6.45, 7) is 6.73. The molecule has 0 aliphatic carbocycles. The van der Waals surface area contributed by atoms with Crippen molar-refractivity contribution in [2.45, 2.75) is 33.6 Å². The Balaban J connectivity index is 3.29. The summed E-state index contributed by atoms with van der Waals surface area (Å²) in [5.41, 5.74) is 0. The minimum atomic E-state index is 0.262. The predicted octanol–water partition coefficient (Wildman–Crippen LogP) is 2.61. The minimum Gasteiger partial charge on any atom is -0.396 e. The maximum Gasteiger partial charge on any atom is 0.0491 e. The summed E-state index contributed by atoms with van der Waals surface area (Å²) in [5.74, 6) is 1.10. The Morgan fingerprint density at radius 2 is 1.91 bits per heavy atom. The largest absolute Gasteiger partial charge is 0.396 e. The van der Waals surface area contributed by atoms with Gasteiger partial charge in [0.25, 0.3) is 0 Å². The first kappa shape index (κ1) is 10.7. The summed E-state index contributed by atoms with van der Waals surface area (Å²) in [4.78, 5) is 0. The molecule has 1 atom stereocenters. The molecule has 0 bridgehead atoms. The van der Waals surface area contributed by atoms with Crippen LogP contribution in [0, 0.1) is 11.8 Å². The third kappa shape index (κ3) is 7.60. The van der Waals surface area contributed by atoms with Gasteiger partial charge in [-0.3, -0.25) is 0 Å². The Morgan fingerprint density at radius 1 is 1.27 bits per heavy atom. The van der Waals surface area contributed by atoms with Crippen LogP contribution in [0.15, 0.2) is 12.2 Å². The van der Waals surface area contributed by atoms with E-state index < -0.39 is 0 Å². The monoisotopic (exact) mass is 156 g/mol. The number of aliphatic hydroxyl groups is 1. The van der Waals surface area contributed by atoms with E-state index in [-0.39, 0.29) is 6.61 Å². The van der Waals surface area contributed by atoms with E-state index in [1.807, 2.05) is 6.92 Å². The third-order valence-electron chi connectivity index (χ3n) is 1.66. The average Bonchev–Trinajstić information content (AvgIpc) is 1.97. The first-order chi connectivity index (χ1) is 5.16.